The Morgan fingerprint density at radius 1 is 0.946 bits per heavy atom. The zero-order chi connectivity index (χ0) is 27.4. The Kier molecular flexibility index (Phi) is 8.42. The number of ether oxygens (including phenoxy) is 1. The van der Waals surface area contributed by atoms with Crippen molar-refractivity contribution in [2.24, 2.45) is 5.41 Å². The maximum atomic E-state index is 13.3. The van der Waals surface area contributed by atoms with E-state index in [0.717, 1.165) is 5.56 Å². The predicted octanol–water partition coefficient (Wildman–Crippen LogP) is 7.54. The largest absolute Gasteiger partial charge is 0.484 e. The van der Waals surface area contributed by atoms with Gasteiger partial charge in [-0.05, 0) is 65.9 Å². The van der Waals surface area contributed by atoms with Crippen molar-refractivity contribution >= 4 is 23.5 Å². The lowest BCUT2D eigenvalue weighted by atomic mass is 9.86. The Hall–Kier alpha value is -3.67. The molecular weight excluding hydrogens is 465 g/mol. The van der Waals surface area contributed by atoms with Crippen molar-refractivity contribution in [1.29, 1.82) is 5.41 Å². The molecule has 3 N–H and O–H groups in total. The fourth-order valence-corrected chi connectivity index (χ4v) is 3.81. The van der Waals surface area contributed by atoms with Gasteiger partial charge >= 0.3 is 0 Å². The first-order valence-electron chi connectivity index (χ1n) is 12.5. The van der Waals surface area contributed by atoms with Crippen molar-refractivity contribution in [2.75, 3.05) is 5.32 Å². The molecule has 37 heavy (non-hydrogen) atoms. The van der Waals surface area contributed by atoms with Gasteiger partial charge in [-0.25, -0.2) is 4.39 Å². The SMILES string of the molecule is CC(NC(=O)C(C)(C)C)[C@H](Oc1ccc(Nc2ccc(F)cc2)c(C=N)c1)c1ccc(C(C)(C)C)cc1. The van der Waals surface area contributed by atoms with Crippen molar-refractivity contribution in [3.63, 3.8) is 0 Å². The number of hydrogen-bond donors (Lipinski definition) is 3. The lowest BCUT2D eigenvalue weighted by molar-refractivity contribution is -0.129. The highest BCUT2D eigenvalue weighted by molar-refractivity contribution is 5.88. The maximum Gasteiger partial charge on any atom is 0.225 e. The lowest BCUT2D eigenvalue weighted by Crippen LogP contribution is -2.44. The number of benzene rings is 3. The van der Waals surface area contributed by atoms with Crippen molar-refractivity contribution in [3.05, 3.63) is 89.2 Å². The number of carbonyl (C=O) groups is 1. The highest BCUT2D eigenvalue weighted by Gasteiger charge is 2.28. The van der Waals surface area contributed by atoms with E-state index in [2.05, 4.69) is 43.5 Å². The van der Waals surface area contributed by atoms with Crippen LogP contribution in [-0.2, 0) is 10.2 Å². The third kappa shape index (κ3) is 7.42. The molecule has 0 aliphatic rings. The molecule has 0 aliphatic carbocycles. The van der Waals surface area contributed by atoms with E-state index in [-0.39, 0.29) is 23.2 Å². The molecule has 0 bridgehead atoms. The predicted molar refractivity (Wildman–Crippen MR) is 150 cm³/mol. The number of anilines is 2. The fourth-order valence-electron chi connectivity index (χ4n) is 3.81. The molecule has 0 saturated heterocycles. The molecular formula is C31H38FN3O2. The fraction of sp³-hybridized carbons (Fsp3) is 0.355. The Balaban J connectivity index is 1.91. The third-order valence-corrected chi connectivity index (χ3v) is 6.16. The molecule has 3 aromatic rings. The highest BCUT2D eigenvalue weighted by Crippen LogP contribution is 2.31. The summed E-state index contributed by atoms with van der Waals surface area (Å²) in [5.74, 6) is 0.208. The topological polar surface area (TPSA) is 74.2 Å². The number of hydrogen-bond acceptors (Lipinski definition) is 4. The molecule has 3 rings (SSSR count). The second-order valence-corrected chi connectivity index (χ2v) is 11.4. The van der Waals surface area contributed by atoms with Gasteiger partial charge in [-0.2, -0.15) is 0 Å². The summed E-state index contributed by atoms with van der Waals surface area (Å²) in [5, 5.41) is 14.2. The molecule has 3 aromatic carbocycles. The van der Waals surface area contributed by atoms with Crippen molar-refractivity contribution < 1.29 is 13.9 Å². The average molecular weight is 504 g/mol. The maximum absolute atomic E-state index is 13.3. The second-order valence-electron chi connectivity index (χ2n) is 11.4. The molecule has 0 fully saturated rings. The second kappa shape index (κ2) is 11.2. The van der Waals surface area contributed by atoms with Crippen LogP contribution in [0.4, 0.5) is 15.8 Å². The Morgan fingerprint density at radius 2 is 1.57 bits per heavy atom. The van der Waals surface area contributed by atoms with Crippen LogP contribution in [0.25, 0.3) is 0 Å². The molecule has 0 aliphatic heterocycles. The number of nitrogens with one attached hydrogen (secondary N) is 3. The first-order chi connectivity index (χ1) is 17.3. The molecule has 0 saturated carbocycles. The van der Waals surface area contributed by atoms with Gasteiger partial charge in [0, 0.05) is 28.6 Å². The summed E-state index contributed by atoms with van der Waals surface area (Å²) >= 11 is 0. The van der Waals surface area contributed by atoms with E-state index in [1.54, 1.807) is 18.2 Å². The molecule has 0 radical (unpaired) electrons. The van der Waals surface area contributed by atoms with Gasteiger partial charge in [0.05, 0.1) is 6.04 Å². The van der Waals surface area contributed by atoms with E-state index in [1.165, 1.54) is 23.9 Å². The zero-order valence-corrected chi connectivity index (χ0v) is 22.8. The van der Waals surface area contributed by atoms with Gasteiger partial charge < -0.3 is 20.8 Å². The monoisotopic (exact) mass is 503 g/mol. The molecule has 6 heteroatoms. The van der Waals surface area contributed by atoms with Crippen LogP contribution < -0.4 is 15.4 Å². The van der Waals surface area contributed by atoms with Gasteiger partial charge in [0.25, 0.3) is 0 Å². The van der Waals surface area contributed by atoms with E-state index < -0.39 is 11.5 Å². The van der Waals surface area contributed by atoms with E-state index in [0.29, 0.717) is 22.7 Å². The van der Waals surface area contributed by atoms with Crippen LogP contribution in [0.5, 0.6) is 5.75 Å². The van der Waals surface area contributed by atoms with Crippen LogP contribution >= 0.6 is 0 Å². The highest BCUT2D eigenvalue weighted by atomic mass is 19.1. The third-order valence-electron chi connectivity index (χ3n) is 6.16. The van der Waals surface area contributed by atoms with E-state index in [1.807, 2.05) is 52.0 Å². The molecule has 1 unspecified atom stereocenters. The minimum atomic E-state index is -0.532. The first kappa shape index (κ1) is 27.9. The number of amides is 1. The van der Waals surface area contributed by atoms with Gasteiger partial charge in [-0.1, -0.05) is 65.8 Å². The molecule has 0 heterocycles. The molecule has 0 aromatic heterocycles. The van der Waals surface area contributed by atoms with Crippen LogP contribution in [0.2, 0.25) is 0 Å². The minimum Gasteiger partial charge on any atom is -0.484 e. The summed E-state index contributed by atoms with van der Waals surface area (Å²) in [4.78, 5) is 12.8. The van der Waals surface area contributed by atoms with Crippen LogP contribution in [0.1, 0.15) is 71.3 Å². The van der Waals surface area contributed by atoms with Gasteiger partial charge in [-0.3, -0.25) is 4.79 Å². The Morgan fingerprint density at radius 3 is 2.11 bits per heavy atom. The zero-order valence-electron chi connectivity index (χ0n) is 22.8. The van der Waals surface area contributed by atoms with Crippen LogP contribution in [0, 0.1) is 16.6 Å². The van der Waals surface area contributed by atoms with Gasteiger partial charge in [0.1, 0.15) is 17.7 Å². The quantitative estimate of drug-likeness (QED) is 0.278. The van der Waals surface area contributed by atoms with Crippen LogP contribution in [-0.4, -0.2) is 18.2 Å². The van der Waals surface area contributed by atoms with Crippen molar-refractivity contribution in [1.82, 2.24) is 5.32 Å². The summed E-state index contributed by atoms with van der Waals surface area (Å²) < 4.78 is 19.7. The number of halogens is 1. The van der Waals surface area contributed by atoms with E-state index >= 15 is 0 Å². The van der Waals surface area contributed by atoms with E-state index in [4.69, 9.17) is 10.1 Å². The van der Waals surface area contributed by atoms with Gasteiger partial charge in [0.15, 0.2) is 0 Å². The molecule has 5 nitrogen and oxygen atoms in total. The van der Waals surface area contributed by atoms with Gasteiger partial charge in [0.2, 0.25) is 5.91 Å². The normalized spacial score (nSPS) is 13.4. The summed E-state index contributed by atoms with van der Waals surface area (Å²) in [6.07, 6.45) is 0.797. The summed E-state index contributed by atoms with van der Waals surface area (Å²) in [6, 6.07) is 19.5. The van der Waals surface area contributed by atoms with E-state index in [9.17, 15) is 9.18 Å². The van der Waals surface area contributed by atoms with Gasteiger partial charge in [-0.15, -0.1) is 0 Å². The molecule has 2 atom stereocenters. The van der Waals surface area contributed by atoms with Crippen molar-refractivity contribution in [3.8, 4) is 5.75 Å². The van der Waals surface area contributed by atoms with Crippen molar-refractivity contribution in [2.45, 2.75) is 66.0 Å². The molecule has 0 spiro atoms. The minimum absolute atomic E-state index is 0.0210. The Labute approximate surface area is 220 Å². The number of rotatable bonds is 8. The smallest absolute Gasteiger partial charge is 0.225 e. The Bertz CT molecular complexity index is 1220. The van der Waals surface area contributed by atoms with Crippen LogP contribution in [0.3, 0.4) is 0 Å². The summed E-state index contributed by atoms with van der Waals surface area (Å²) in [5.41, 5.74) is 3.68. The lowest BCUT2D eigenvalue weighted by Gasteiger charge is -2.30. The number of carbonyl (C=O) groups excluding carboxylic acids is 1. The summed E-state index contributed by atoms with van der Waals surface area (Å²) in [7, 11) is 0. The molecule has 1 amide bonds. The standard InChI is InChI=1S/C31H38FN3O2/c1-20(34-29(36)31(5,6)7)28(21-8-10-23(11-9-21)30(2,3)4)37-26-16-17-27(22(18-26)19-33)35-25-14-12-24(32)13-15-25/h8-20,28,33,35H,1-7H3,(H,34,36)/t20?,28-/m0/s1. The average Bonchev–Trinajstić information content (AvgIpc) is 2.83. The first-order valence-corrected chi connectivity index (χ1v) is 12.5. The summed E-state index contributed by atoms with van der Waals surface area (Å²) in [6.45, 7) is 14.1. The molecule has 196 valence electrons. The van der Waals surface area contributed by atoms with Crippen LogP contribution in [0.15, 0.2) is 66.7 Å².